The molecule has 0 aromatic heterocycles. The number of fused-ring (bicyclic) bond motifs is 1. The van der Waals surface area contributed by atoms with Gasteiger partial charge in [-0.15, -0.1) is 0 Å². The van der Waals surface area contributed by atoms with E-state index in [9.17, 15) is 9.90 Å². The molecule has 0 aliphatic heterocycles. The fraction of sp³-hybridized carbons (Fsp3) is 0.150. The standard InChI is InChI=1S/C20H18ClNO2/c21-18-7-3-6-17(11-18)19(12-20(23)24)22-13-14-8-9-15-4-1-2-5-16(15)10-14/h1-11,19,22H,12-13H2,(H,23,24)/t19-/m0/s1. The highest BCUT2D eigenvalue weighted by atomic mass is 35.5. The third-order valence-corrected chi connectivity index (χ3v) is 4.23. The fourth-order valence-electron chi connectivity index (χ4n) is 2.80. The van der Waals surface area contributed by atoms with Gasteiger partial charge < -0.3 is 10.4 Å². The highest BCUT2D eigenvalue weighted by Gasteiger charge is 2.15. The molecule has 4 heteroatoms. The van der Waals surface area contributed by atoms with Gasteiger partial charge in [-0.05, 0) is 40.1 Å². The smallest absolute Gasteiger partial charge is 0.305 e. The Hall–Kier alpha value is -2.36. The van der Waals surface area contributed by atoms with Gasteiger partial charge in [0.2, 0.25) is 0 Å². The summed E-state index contributed by atoms with van der Waals surface area (Å²) >= 11 is 6.03. The molecule has 0 saturated heterocycles. The van der Waals surface area contributed by atoms with Gasteiger partial charge in [-0.1, -0.05) is 60.1 Å². The van der Waals surface area contributed by atoms with E-state index in [1.165, 1.54) is 10.8 Å². The van der Waals surface area contributed by atoms with Gasteiger partial charge in [-0.25, -0.2) is 0 Å². The van der Waals surface area contributed by atoms with Crippen molar-refractivity contribution in [2.45, 2.75) is 19.0 Å². The Morgan fingerprint density at radius 1 is 1.00 bits per heavy atom. The third kappa shape index (κ3) is 4.13. The van der Waals surface area contributed by atoms with Crippen LogP contribution in [0.3, 0.4) is 0 Å². The number of carbonyl (C=O) groups is 1. The SMILES string of the molecule is O=C(O)C[C@H](NCc1ccc2ccccc2c1)c1cccc(Cl)c1. The van der Waals surface area contributed by atoms with Gasteiger partial charge >= 0.3 is 5.97 Å². The molecule has 0 saturated carbocycles. The Bertz CT molecular complexity index is 863. The number of carboxylic acids is 1. The fourth-order valence-corrected chi connectivity index (χ4v) is 2.99. The van der Waals surface area contributed by atoms with Crippen molar-refractivity contribution in [3.63, 3.8) is 0 Å². The lowest BCUT2D eigenvalue weighted by Crippen LogP contribution is -2.23. The van der Waals surface area contributed by atoms with E-state index in [0.29, 0.717) is 11.6 Å². The largest absolute Gasteiger partial charge is 0.481 e. The van der Waals surface area contributed by atoms with Crippen molar-refractivity contribution in [3.8, 4) is 0 Å². The Labute approximate surface area is 145 Å². The molecule has 0 radical (unpaired) electrons. The van der Waals surface area contributed by atoms with Crippen LogP contribution in [0.1, 0.15) is 23.6 Å². The van der Waals surface area contributed by atoms with Gasteiger partial charge in [0.05, 0.1) is 6.42 Å². The van der Waals surface area contributed by atoms with Crippen LogP contribution in [0.2, 0.25) is 5.02 Å². The molecule has 3 nitrogen and oxygen atoms in total. The van der Waals surface area contributed by atoms with Gasteiger partial charge in [-0.2, -0.15) is 0 Å². The van der Waals surface area contributed by atoms with E-state index in [2.05, 4.69) is 35.6 Å². The Kier molecular flexibility index (Phi) is 5.14. The normalized spacial score (nSPS) is 12.2. The molecule has 24 heavy (non-hydrogen) atoms. The summed E-state index contributed by atoms with van der Waals surface area (Å²) in [5.41, 5.74) is 2.00. The summed E-state index contributed by atoms with van der Waals surface area (Å²) < 4.78 is 0. The number of halogens is 1. The monoisotopic (exact) mass is 339 g/mol. The molecule has 0 spiro atoms. The van der Waals surface area contributed by atoms with Crippen LogP contribution in [0, 0.1) is 0 Å². The maximum Gasteiger partial charge on any atom is 0.305 e. The molecule has 2 N–H and O–H groups in total. The molecule has 1 atom stereocenters. The molecule has 3 aromatic rings. The Morgan fingerprint density at radius 2 is 1.79 bits per heavy atom. The lowest BCUT2D eigenvalue weighted by Gasteiger charge is -2.18. The lowest BCUT2D eigenvalue weighted by atomic mass is 10.0. The molecule has 122 valence electrons. The number of carboxylic acid groups (broad SMARTS) is 1. The molecule has 3 rings (SSSR count). The minimum Gasteiger partial charge on any atom is -0.481 e. The molecule has 3 aromatic carbocycles. The van der Waals surface area contributed by atoms with E-state index >= 15 is 0 Å². The summed E-state index contributed by atoms with van der Waals surface area (Å²) in [7, 11) is 0. The first-order valence-corrected chi connectivity index (χ1v) is 8.18. The Morgan fingerprint density at radius 3 is 2.54 bits per heavy atom. The maximum absolute atomic E-state index is 11.2. The van der Waals surface area contributed by atoms with Crippen LogP contribution in [0.5, 0.6) is 0 Å². The molecule has 0 amide bonds. The number of benzene rings is 3. The van der Waals surface area contributed by atoms with Crippen molar-refractivity contribution in [2.75, 3.05) is 0 Å². The maximum atomic E-state index is 11.2. The minimum atomic E-state index is -0.842. The molecular formula is C20H18ClNO2. The van der Waals surface area contributed by atoms with Gasteiger partial charge in [0, 0.05) is 17.6 Å². The molecule has 0 heterocycles. The van der Waals surface area contributed by atoms with Crippen molar-refractivity contribution in [1.29, 1.82) is 0 Å². The van der Waals surface area contributed by atoms with Gasteiger partial charge in [0.25, 0.3) is 0 Å². The first-order chi connectivity index (χ1) is 11.6. The van der Waals surface area contributed by atoms with Crippen LogP contribution in [0.15, 0.2) is 66.7 Å². The molecule has 0 bridgehead atoms. The summed E-state index contributed by atoms with van der Waals surface area (Å²) in [5, 5.41) is 15.5. The first kappa shape index (κ1) is 16.5. The van der Waals surface area contributed by atoms with Crippen LogP contribution >= 0.6 is 11.6 Å². The van der Waals surface area contributed by atoms with Gasteiger partial charge in [0.15, 0.2) is 0 Å². The molecule has 0 unspecified atom stereocenters. The zero-order chi connectivity index (χ0) is 16.9. The van der Waals surface area contributed by atoms with Gasteiger partial charge in [-0.3, -0.25) is 4.79 Å². The summed E-state index contributed by atoms with van der Waals surface area (Å²) in [6, 6.07) is 21.5. The van der Waals surface area contributed by atoms with Crippen molar-refractivity contribution >= 4 is 28.3 Å². The van der Waals surface area contributed by atoms with Crippen molar-refractivity contribution in [1.82, 2.24) is 5.32 Å². The molecule has 0 aliphatic rings. The number of hydrogen-bond donors (Lipinski definition) is 2. The predicted octanol–water partition coefficient (Wildman–Crippen LogP) is 4.80. The van der Waals surface area contributed by atoms with Crippen LogP contribution in [0.4, 0.5) is 0 Å². The van der Waals surface area contributed by atoms with E-state index < -0.39 is 5.97 Å². The van der Waals surface area contributed by atoms with E-state index in [-0.39, 0.29) is 12.5 Å². The highest BCUT2D eigenvalue weighted by molar-refractivity contribution is 6.30. The third-order valence-electron chi connectivity index (χ3n) is 4.00. The number of aliphatic carboxylic acids is 1. The van der Waals surface area contributed by atoms with E-state index in [1.807, 2.05) is 30.3 Å². The second-order valence-electron chi connectivity index (χ2n) is 5.77. The van der Waals surface area contributed by atoms with Crippen molar-refractivity contribution < 1.29 is 9.90 Å². The van der Waals surface area contributed by atoms with Crippen LogP contribution < -0.4 is 5.32 Å². The average molecular weight is 340 g/mol. The minimum absolute atomic E-state index is 0.00786. The van der Waals surface area contributed by atoms with Crippen LogP contribution in [-0.4, -0.2) is 11.1 Å². The number of hydrogen-bond acceptors (Lipinski definition) is 2. The molecule has 0 fully saturated rings. The molecular weight excluding hydrogens is 322 g/mol. The van der Waals surface area contributed by atoms with Crippen molar-refractivity contribution in [3.05, 3.63) is 82.9 Å². The molecule has 0 aliphatic carbocycles. The highest BCUT2D eigenvalue weighted by Crippen LogP contribution is 2.22. The number of nitrogens with one attached hydrogen (secondary N) is 1. The lowest BCUT2D eigenvalue weighted by molar-refractivity contribution is -0.137. The zero-order valence-electron chi connectivity index (χ0n) is 13.1. The average Bonchev–Trinajstić information content (AvgIpc) is 2.58. The van der Waals surface area contributed by atoms with Crippen molar-refractivity contribution in [2.24, 2.45) is 0 Å². The summed E-state index contributed by atoms with van der Waals surface area (Å²) in [4.78, 5) is 11.2. The van der Waals surface area contributed by atoms with Crippen LogP contribution in [-0.2, 0) is 11.3 Å². The summed E-state index contributed by atoms with van der Waals surface area (Å²) in [6.45, 7) is 0.593. The quantitative estimate of drug-likeness (QED) is 0.678. The van der Waals surface area contributed by atoms with E-state index in [0.717, 1.165) is 11.1 Å². The second kappa shape index (κ2) is 7.47. The Balaban J connectivity index is 1.78. The predicted molar refractivity (Wildman–Crippen MR) is 97.2 cm³/mol. The first-order valence-electron chi connectivity index (χ1n) is 7.80. The zero-order valence-corrected chi connectivity index (χ0v) is 13.8. The summed E-state index contributed by atoms with van der Waals surface area (Å²) in [6.07, 6.45) is 0.00786. The van der Waals surface area contributed by atoms with Crippen LogP contribution in [0.25, 0.3) is 10.8 Å². The van der Waals surface area contributed by atoms with E-state index in [1.54, 1.807) is 6.07 Å². The second-order valence-corrected chi connectivity index (χ2v) is 6.20. The summed E-state index contributed by atoms with van der Waals surface area (Å²) in [5.74, 6) is -0.842. The number of rotatable bonds is 6. The van der Waals surface area contributed by atoms with E-state index in [4.69, 9.17) is 11.6 Å². The topological polar surface area (TPSA) is 49.3 Å². The van der Waals surface area contributed by atoms with Gasteiger partial charge in [0.1, 0.15) is 0 Å².